The third-order valence-electron chi connectivity index (χ3n) is 5.34. The van der Waals surface area contributed by atoms with E-state index in [1.54, 1.807) is 31.1 Å². The Morgan fingerprint density at radius 3 is 2.61 bits per heavy atom. The molecule has 1 aliphatic heterocycles. The largest absolute Gasteiger partial charge is 0.497 e. The van der Waals surface area contributed by atoms with E-state index in [4.69, 9.17) is 9.47 Å². The predicted molar refractivity (Wildman–Crippen MR) is 109 cm³/mol. The molecule has 2 amide bonds. The number of nitrogens with zero attached hydrogens (tertiary/aromatic N) is 2. The Kier molecular flexibility index (Phi) is 6.24. The number of hydrogen-bond donors (Lipinski definition) is 0. The van der Waals surface area contributed by atoms with Crippen molar-refractivity contribution in [1.82, 2.24) is 9.80 Å². The summed E-state index contributed by atoms with van der Waals surface area (Å²) in [5.41, 5.74) is 0.895. The Morgan fingerprint density at radius 2 is 2.00 bits per heavy atom. The lowest BCUT2D eigenvalue weighted by molar-refractivity contribution is -0.133. The maximum atomic E-state index is 13.1. The molecule has 2 heterocycles. The molecule has 2 aromatic rings. The summed E-state index contributed by atoms with van der Waals surface area (Å²) in [5, 5.41) is 1.89. The van der Waals surface area contributed by atoms with Crippen molar-refractivity contribution < 1.29 is 19.1 Å². The SMILES string of the molecule is CCN(C)C(=O)C1CN(C(=O)c2cccs2)CC1c1cc(OC)ccc1OC. The van der Waals surface area contributed by atoms with Crippen molar-refractivity contribution in [3.05, 3.63) is 46.2 Å². The van der Waals surface area contributed by atoms with Crippen molar-refractivity contribution in [3.63, 3.8) is 0 Å². The summed E-state index contributed by atoms with van der Waals surface area (Å²) in [7, 11) is 5.02. The second-order valence-corrected chi connectivity index (χ2v) is 7.81. The number of rotatable bonds is 6. The molecule has 1 aromatic heterocycles. The standard InChI is InChI=1S/C21H26N2O4S/c1-5-22(2)20(24)17-13-23(21(25)19-7-6-10-28-19)12-16(17)15-11-14(26-3)8-9-18(15)27-4/h6-11,16-17H,5,12-13H2,1-4H3. The van der Waals surface area contributed by atoms with Crippen LogP contribution >= 0.6 is 11.3 Å². The summed E-state index contributed by atoms with van der Waals surface area (Å²) >= 11 is 1.42. The first-order valence-corrected chi connectivity index (χ1v) is 10.2. The molecule has 0 saturated carbocycles. The predicted octanol–water partition coefficient (Wildman–Crippen LogP) is 3.10. The van der Waals surface area contributed by atoms with Crippen molar-refractivity contribution in [3.8, 4) is 11.5 Å². The van der Waals surface area contributed by atoms with Crippen molar-refractivity contribution in [2.75, 3.05) is 40.9 Å². The Hall–Kier alpha value is -2.54. The number of thiophene rings is 1. The highest BCUT2D eigenvalue weighted by molar-refractivity contribution is 7.12. The number of amides is 2. The molecule has 0 N–H and O–H groups in total. The molecule has 1 saturated heterocycles. The number of benzene rings is 1. The molecule has 150 valence electrons. The molecule has 0 spiro atoms. The summed E-state index contributed by atoms with van der Waals surface area (Å²) in [6.45, 7) is 3.43. The minimum atomic E-state index is -0.324. The van der Waals surface area contributed by atoms with Crippen molar-refractivity contribution in [2.45, 2.75) is 12.8 Å². The molecule has 0 aliphatic carbocycles. The van der Waals surface area contributed by atoms with Crippen LogP contribution in [0.5, 0.6) is 11.5 Å². The normalized spacial score (nSPS) is 18.8. The fourth-order valence-electron chi connectivity index (χ4n) is 3.66. The Bertz CT molecular complexity index is 837. The number of carbonyl (C=O) groups excluding carboxylic acids is 2. The lowest BCUT2D eigenvalue weighted by Crippen LogP contribution is -2.36. The molecule has 7 heteroatoms. The van der Waals surface area contributed by atoms with Crippen LogP contribution < -0.4 is 9.47 Å². The van der Waals surface area contributed by atoms with E-state index < -0.39 is 0 Å². The molecule has 1 aliphatic rings. The monoisotopic (exact) mass is 402 g/mol. The van der Waals surface area contributed by atoms with Gasteiger partial charge in [0, 0.05) is 38.2 Å². The van der Waals surface area contributed by atoms with E-state index in [2.05, 4.69) is 0 Å². The third kappa shape index (κ3) is 3.85. The van der Waals surface area contributed by atoms with Gasteiger partial charge in [-0.2, -0.15) is 0 Å². The average molecular weight is 403 g/mol. The first kappa shape index (κ1) is 20.2. The smallest absolute Gasteiger partial charge is 0.263 e. The van der Waals surface area contributed by atoms with Gasteiger partial charge in [-0.1, -0.05) is 6.07 Å². The van der Waals surface area contributed by atoms with E-state index in [0.29, 0.717) is 36.0 Å². The molecule has 2 atom stereocenters. The summed E-state index contributed by atoms with van der Waals surface area (Å²) in [6.07, 6.45) is 0. The molecule has 0 bridgehead atoms. The van der Waals surface area contributed by atoms with Crippen molar-refractivity contribution >= 4 is 23.2 Å². The minimum Gasteiger partial charge on any atom is -0.497 e. The molecule has 6 nitrogen and oxygen atoms in total. The number of hydrogen-bond acceptors (Lipinski definition) is 5. The van der Waals surface area contributed by atoms with Crippen LogP contribution in [0, 0.1) is 5.92 Å². The van der Waals surface area contributed by atoms with E-state index in [-0.39, 0.29) is 23.7 Å². The molecule has 2 unspecified atom stereocenters. The van der Waals surface area contributed by atoms with Crippen LogP contribution in [-0.2, 0) is 4.79 Å². The van der Waals surface area contributed by atoms with Gasteiger partial charge in [0.05, 0.1) is 25.0 Å². The van der Waals surface area contributed by atoms with Crippen LogP contribution in [0.1, 0.15) is 28.1 Å². The van der Waals surface area contributed by atoms with Crippen LogP contribution in [0.3, 0.4) is 0 Å². The van der Waals surface area contributed by atoms with Gasteiger partial charge in [0.2, 0.25) is 5.91 Å². The lowest BCUT2D eigenvalue weighted by atomic mass is 9.87. The highest BCUT2D eigenvalue weighted by atomic mass is 32.1. The summed E-state index contributed by atoms with van der Waals surface area (Å²) < 4.78 is 10.9. The Balaban J connectivity index is 1.98. The average Bonchev–Trinajstić information content (AvgIpc) is 3.41. The van der Waals surface area contributed by atoms with E-state index >= 15 is 0 Å². The molecule has 3 rings (SSSR count). The maximum Gasteiger partial charge on any atom is 0.263 e. The zero-order valence-electron chi connectivity index (χ0n) is 16.7. The van der Waals surface area contributed by atoms with E-state index in [1.807, 2.05) is 42.6 Å². The zero-order chi connectivity index (χ0) is 20.3. The summed E-state index contributed by atoms with van der Waals surface area (Å²) in [5.74, 6) is 0.933. The number of methoxy groups -OCH3 is 2. The molecule has 28 heavy (non-hydrogen) atoms. The second-order valence-electron chi connectivity index (χ2n) is 6.86. The van der Waals surface area contributed by atoms with Gasteiger partial charge in [-0.3, -0.25) is 9.59 Å². The minimum absolute atomic E-state index is 0.0312. The Morgan fingerprint density at radius 1 is 1.21 bits per heavy atom. The second kappa shape index (κ2) is 8.65. The fraction of sp³-hybridized carbons (Fsp3) is 0.429. The summed E-state index contributed by atoms with van der Waals surface area (Å²) in [4.78, 5) is 30.2. The number of likely N-dealkylation sites (tertiary alicyclic amines) is 1. The van der Waals surface area contributed by atoms with Gasteiger partial charge in [-0.05, 0) is 36.6 Å². The zero-order valence-corrected chi connectivity index (χ0v) is 17.5. The first-order chi connectivity index (χ1) is 13.5. The molecule has 1 aromatic carbocycles. The fourth-order valence-corrected chi connectivity index (χ4v) is 4.35. The highest BCUT2D eigenvalue weighted by Gasteiger charge is 2.42. The van der Waals surface area contributed by atoms with Crippen molar-refractivity contribution in [1.29, 1.82) is 0 Å². The maximum absolute atomic E-state index is 13.1. The molecule has 1 fully saturated rings. The molecular formula is C21H26N2O4S. The van der Waals surface area contributed by atoms with Gasteiger partial charge in [-0.15, -0.1) is 11.3 Å². The Labute approximate surface area is 169 Å². The van der Waals surface area contributed by atoms with Crippen LogP contribution in [0.15, 0.2) is 35.7 Å². The van der Waals surface area contributed by atoms with Gasteiger partial charge in [0.15, 0.2) is 0 Å². The van der Waals surface area contributed by atoms with Gasteiger partial charge in [0.25, 0.3) is 5.91 Å². The number of ether oxygens (including phenoxy) is 2. The van der Waals surface area contributed by atoms with Crippen LogP contribution in [-0.4, -0.2) is 62.5 Å². The van der Waals surface area contributed by atoms with Crippen LogP contribution in [0.4, 0.5) is 0 Å². The third-order valence-corrected chi connectivity index (χ3v) is 6.20. The van der Waals surface area contributed by atoms with Crippen LogP contribution in [0.25, 0.3) is 0 Å². The quantitative estimate of drug-likeness (QED) is 0.745. The number of carbonyl (C=O) groups is 2. The molecular weight excluding hydrogens is 376 g/mol. The van der Waals surface area contributed by atoms with Gasteiger partial charge in [0.1, 0.15) is 11.5 Å². The molecule has 0 radical (unpaired) electrons. The topological polar surface area (TPSA) is 59.1 Å². The highest BCUT2D eigenvalue weighted by Crippen LogP contribution is 2.40. The van der Waals surface area contributed by atoms with E-state index in [0.717, 1.165) is 5.56 Å². The van der Waals surface area contributed by atoms with Crippen molar-refractivity contribution in [2.24, 2.45) is 5.92 Å². The van der Waals surface area contributed by atoms with Gasteiger partial charge < -0.3 is 19.3 Å². The van der Waals surface area contributed by atoms with Gasteiger partial charge in [-0.25, -0.2) is 0 Å². The lowest BCUT2D eigenvalue weighted by Gasteiger charge is -2.24. The van der Waals surface area contributed by atoms with Crippen LogP contribution in [0.2, 0.25) is 0 Å². The summed E-state index contributed by atoms with van der Waals surface area (Å²) in [6, 6.07) is 9.28. The van der Waals surface area contributed by atoms with Gasteiger partial charge >= 0.3 is 0 Å². The van der Waals surface area contributed by atoms with E-state index in [1.165, 1.54) is 11.3 Å². The first-order valence-electron chi connectivity index (χ1n) is 9.29. The van der Waals surface area contributed by atoms with E-state index in [9.17, 15) is 9.59 Å².